The molecule has 0 amide bonds. The van der Waals surface area contributed by atoms with Gasteiger partial charge >= 0.3 is 0 Å². The molecule has 0 spiro atoms. The van der Waals surface area contributed by atoms with Gasteiger partial charge < -0.3 is 9.47 Å². The minimum atomic E-state index is 0.0799. The molecule has 0 atom stereocenters. The van der Waals surface area contributed by atoms with Crippen LogP contribution in [-0.4, -0.2) is 27.7 Å². The first-order valence-electron chi connectivity index (χ1n) is 6.80. The number of halogens is 1. The lowest BCUT2D eigenvalue weighted by Gasteiger charge is -2.24. The summed E-state index contributed by atoms with van der Waals surface area (Å²) >= 11 is 3.53. The van der Waals surface area contributed by atoms with Crippen LogP contribution in [0.3, 0.4) is 0 Å². The highest BCUT2D eigenvalue weighted by Crippen LogP contribution is 2.31. The van der Waals surface area contributed by atoms with Crippen LogP contribution in [0, 0.1) is 0 Å². The third kappa shape index (κ3) is 4.85. The standard InChI is InChI=1S/C15H24BBrO2/c1-5-18-6-7-19-14-8-11(10-17)13(16)9-12(14)15(2,3)4/h8-9H,5-7,10,16H2,1-4H3. The summed E-state index contributed by atoms with van der Waals surface area (Å²) in [5, 5.41) is 0.852. The zero-order valence-electron chi connectivity index (χ0n) is 12.7. The quantitative estimate of drug-likeness (QED) is 0.454. The van der Waals surface area contributed by atoms with Crippen LogP contribution in [0.25, 0.3) is 0 Å². The molecule has 0 bridgehead atoms. The van der Waals surface area contributed by atoms with Crippen LogP contribution in [0.1, 0.15) is 38.8 Å². The highest BCUT2D eigenvalue weighted by Gasteiger charge is 2.20. The Labute approximate surface area is 126 Å². The lowest BCUT2D eigenvalue weighted by molar-refractivity contribution is 0.109. The summed E-state index contributed by atoms with van der Waals surface area (Å²) in [6.45, 7) is 10.6. The van der Waals surface area contributed by atoms with Gasteiger partial charge in [0.15, 0.2) is 0 Å². The average molecular weight is 327 g/mol. The van der Waals surface area contributed by atoms with Crippen molar-refractivity contribution in [3.05, 3.63) is 23.3 Å². The van der Waals surface area contributed by atoms with Gasteiger partial charge in [0.1, 0.15) is 20.2 Å². The molecule has 0 aromatic heterocycles. The van der Waals surface area contributed by atoms with E-state index in [1.807, 2.05) is 6.92 Å². The predicted molar refractivity (Wildman–Crippen MR) is 87.9 cm³/mol. The van der Waals surface area contributed by atoms with Gasteiger partial charge in [-0.15, -0.1) is 0 Å². The van der Waals surface area contributed by atoms with Gasteiger partial charge in [-0.05, 0) is 29.5 Å². The molecule has 0 aliphatic rings. The fourth-order valence-electron chi connectivity index (χ4n) is 1.93. The molecule has 0 unspecified atom stereocenters. The minimum absolute atomic E-state index is 0.0799. The first-order valence-corrected chi connectivity index (χ1v) is 7.92. The first kappa shape index (κ1) is 16.6. The molecule has 0 saturated carbocycles. The van der Waals surface area contributed by atoms with Crippen molar-refractivity contribution in [2.45, 2.75) is 38.4 Å². The van der Waals surface area contributed by atoms with Crippen LogP contribution in [-0.2, 0) is 15.5 Å². The molecule has 19 heavy (non-hydrogen) atoms. The van der Waals surface area contributed by atoms with E-state index in [1.54, 1.807) is 0 Å². The van der Waals surface area contributed by atoms with E-state index in [9.17, 15) is 0 Å². The fraction of sp³-hybridized carbons (Fsp3) is 0.600. The third-order valence-electron chi connectivity index (χ3n) is 3.08. The lowest BCUT2D eigenvalue weighted by Crippen LogP contribution is -2.20. The van der Waals surface area contributed by atoms with Gasteiger partial charge in [0.25, 0.3) is 0 Å². The van der Waals surface area contributed by atoms with Crippen molar-refractivity contribution in [2.24, 2.45) is 0 Å². The summed E-state index contributed by atoms with van der Waals surface area (Å²) in [7, 11) is 2.15. The molecule has 2 nitrogen and oxygen atoms in total. The molecule has 0 saturated heterocycles. The molecule has 4 heteroatoms. The van der Waals surface area contributed by atoms with E-state index in [4.69, 9.17) is 9.47 Å². The highest BCUT2D eigenvalue weighted by molar-refractivity contribution is 9.08. The van der Waals surface area contributed by atoms with Crippen molar-refractivity contribution in [3.63, 3.8) is 0 Å². The number of benzene rings is 1. The molecule has 1 aromatic rings. The second-order valence-corrected chi connectivity index (χ2v) is 6.26. The molecule has 0 radical (unpaired) electrons. The van der Waals surface area contributed by atoms with Gasteiger partial charge in [0, 0.05) is 11.9 Å². The summed E-state index contributed by atoms with van der Waals surface area (Å²) < 4.78 is 11.2. The second-order valence-electron chi connectivity index (χ2n) is 5.70. The van der Waals surface area contributed by atoms with E-state index in [0.717, 1.165) is 17.7 Å². The molecule has 0 fully saturated rings. The number of alkyl halides is 1. The first-order chi connectivity index (χ1) is 8.90. The topological polar surface area (TPSA) is 18.5 Å². The summed E-state index contributed by atoms with van der Waals surface area (Å²) in [5.41, 5.74) is 3.92. The van der Waals surface area contributed by atoms with Crippen molar-refractivity contribution in [2.75, 3.05) is 19.8 Å². The Morgan fingerprint density at radius 2 is 1.89 bits per heavy atom. The second kappa shape index (κ2) is 7.35. The normalized spacial score (nSPS) is 11.6. The molecule has 106 valence electrons. The van der Waals surface area contributed by atoms with Gasteiger partial charge in [-0.1, -0.05) is 48.2 Å². The number of hydrogen-bond acceptors (Lipinski definition) is 2. The van der Waals surface area contributed by atoms with Gasteiger partial charge in [-0.2, -0.15) is 0 Å². The predicted octanol–water partition coefficient (Wildman–Crippen LogP) is 2.55. The van der Waals surface area contributed by atoms with Crippen molar-refractivity contribution in [1.29, 1.82) is 0 Å². The molecule has 1 aromatic carbocycles. The van der Waals surface area contributed by atoms with Crippen LogP contribution in [0.2, 0.25) is 0 Å². The van der Waals surface area contributed by atoms with E-state index >= 15 is 0 Å². The Hall–Kier alpha value is -0.475. The summed E-state index contributed by atoms with van der Waals surface area (Å²) in [5.74, 6) is 0.979. The molecule has 0 N–H and O–H groups in total. The molecule has 0 aliphatic carbocycles. The summed E-state index contributed by atoms with van der Waals surface area (Å²) in [6, 6.07) is 4.39. The van der Waals surface area contributed by atoms with Gasteiger partial charge in [-0.25, -0.2) is 0 Å². The zero-order chi connectivity index (χ0) is 14.5. The van der Waals surface area contributed by atoms with Gasteiger partial charge in [0.2, 0.25) is 0 Å². The molecular formula is C15H24BBrO2. The maximum absolute atomic E-state index is 5.92. The Bertz CT molecular complexity index is 413. The fourth-order valence-corrected chi connectivity index (χ4v) is 2.54. The number of hydrogen-bond donors (Lipinski definition) is 0. The van der Waals surface area contributed by atoms with Crippen LogP contribution in [0.15, 0.2) is 12.1 Å². The number of ether oxygens (including phenoxy) is 2. The average Bonchev–Trinajstić information content (AvgIpc) is 2.34. The Kier molecular flexibility index (Phi) is 6.41. The van der Waals surface area contributed by atoms with Crippen molar-refractivity contribution in [3.8, 4) is 5.75 Å². The number of rotatable bonds is 6. The molecule has 1 rings (SSSR count). The SMILES string of the molecule is Bc1cc(C(C)(C)C)c(OCCOCC)cc1CBr. The van der Waals surface area contributed by atoms with E-state index in [-0.39, 0.29) is 5.41 Å². The molecular weight excluding hydrogens is 303 g/mol. The van der Waals surface area contributed by atoms with E-state index in [1.165, 1.54) is 16.6 Å². The van der Waals surface area contributed by atoms with Crippen molar-refractivity contribution >= 4 is 29.2 Å². The Morgan fingerprint density at radius 3 is 2.42 bits per heavy atom. The smallest absolute Gasteiger partial charge is 0.139 e. The lowest BCUT2D eigenvalue weighted by atomic mass is 9.80. The van der Waals surface area contributed by atoms with Crippen LogP contribution in [0.5, 0.6) is 5.75 Å². The largest absolute Gasteiger partial charge is 0.491 e. The highest BCUT2D eigenvalue weighted by atomic mass is 79.9. The third-order valence-corrected chi connectivity index (χ3v) is 3.68. The van der Waals surface area contributed by atoms with Gasteiger partial charge in [-0.3, -0.25) is 0 Å². The van der Waals surface area contributed by atoms with Crippen molar-refractivity contribution in [1.82, 2.24) is 0 Å². The van der Waals surface area contributed by atoms with E-state index in [0.29, 0.717) is 13.2 Å². The van der Waals surface area contributed by atoms with Crippen LogP contribution >= 0.6 is 15.9 Å². The maximum atomic E-state index is 5.92. The summed E-state index contributed by atoms with van der Waals surface area (Å²) in [6.07, 6.45) is 0. The monoisotopic (exact) mass is 326 g/mol. The van der Waals surface area contributed by atoms with Crippen molar-refractivity contribution < 1.29 is 9.47 Å². The van der Waals surface area contributed by atoms with Gasteiger partial charge in [0.05, 0.1) is 6.61 Å². The molecule has 0 heterocycles. The van der Waals surface area contributed by atoms with E-state index in [2.05, 4.69) is 56.7 Å². The Morgan fingerprint density at radius 1 is 1.21 bits per heavy atom. The summed E-state index contributed by atoms with van der Waals surface area (Å²) in [4.78, 5) is 0. The Balaban J connectivity index is 2.97. The van der Waals surface area contributed by atoms with E-state index < -0.39 is 0 Å². The van der Waals surface area contributed by atoms with Crippen LogP contribution in [0.4, 0.5) is 0 Å². The van der Waals surface area contributed by atoms with Crippen LogP contribution < -0.4 is 10.2 Å². The minimum Gasteiger partial charge on any atom is -0.491 e. The maximum Gasteiger partial charge on any atom is 0.139 e. The molecule has 0 aliphatic heterocycles. The zero-order valence-corrected chi connectivity index (χ0v) is 14.3.